The fourth-order valence-electron chi connectivity index (χ4n) is 3.49. The number of unbranched alkanes of at least 4 members (excludes halogenated alkanes) is 5. The molecule has 1 saturated heterocycles. The van der Waals surface area contributed by atoms with E-state index in [1.807, 2.05) is 25.1 Å². The molecule has 144 valence electrons. The number of sulfonamides is 1. The normalized spacial score (nSPS) is 18.8. The summed E-state index contributed by atoms with van der Waals surface area (Å²) in [6.45, 7) is 5.97. The number of hydrogen-bond donors (Lipinski definition) is 0. The van der Waals surface area contributed by atoms with Crippen LogP contribution in [0.5, 0.6) is 0 Å². The Morgan fingerprint density at radius 2 is 1.77 bits per heavy atom. The number of nitrogens with zero attached hydrogens (tertiary/aromatic N) is 1. The Morgan fingerprint density at radius 1 is 1.12 bits per heavy atom. The molecule has 2 rings (SSSR count). The topological polar surface area (TPSA) is 54.5 Å². The monoisotopic (exact) mass is 377 g/mol. The first kappa shape index (κ1) is 20.8. The van der Waals surface area contributed by atoms with Crippen molar-refractivity contribution < 1.29 is 13.2 Å². The predicted octanol–water partition coefficient (Wildman–Crippen LogP) is 4.63. The average Bonchev–Trinajstić information content (AvgIpc) is 2.61. The number of Topliss-reactive ketones (excluding diaryl/α,β-unsaturated/α-hetero) is 1. The van der Waals surface area contributed by atoms with Crippen LogP contribution in [-0.2, 0) is 14.8 Å². The number of carbonyl (C=O) groups excluding carboxylic acids is 1. The van der Waals surface area contributed by atoms with Crippen molar-refractivity contribution in [1.82, 2.24) is 4.31 Å². The van der Waals surface area contributed by atoms with Crippen LogP contribution in [0.1, 0.15) is 63.4 Å². The van der Waals surface area contributed by atoms with Crippen LogP contribution in [0.3, 0.4) is 0 Å². The fraction of sp³-hybridized carbons (Fsp3) is 0.571. The van der Waals surface area contributed by atoms with E-state index in [1.54, 1.807) is 16.4 Å². The maximum Gasteiger partial charge on any atom is 0.243 e. The summed E-state index contributed by atoms with van der Waals surface area (Å²) < 4.78 is 27.6. The third-order valence-corrected chi connectivity index (χ3v) is 7.02. The zero-order chi connectivity index (χ0) is 19.0. The molecule has 1 atom stereocenters. The van der Waals surface area contributed by atoms with Gasteiger partial charge >= 0.3 is 0 Å². The zero-order valence-corrected chi connectivity index (χ0v) is 16.6. The van der Waals surface area contributed by atoms with Crippen LogP contribution in [0.2, 0.25) is 0 Å². The number of hydrogen-bond acceptors (Lipinski definition) is 3. The van der Waals surface area contributed by atoms with Crippen LogP contribution >= 0.6 is 0 Å². The van der Waals surface area contributed by atoms with E-state index in [4.69, 9.17) is 0 Å². The summed E-state index contributed by atoms with van der Waals surface area (Å²) in [5.41, 5.74) is 1.03. The number of benzene rings is 1. The first-order valence-corrected chi connectivity index (χ1v) is 11.1. The molecule has 5 heteroatoms. The van der Waals surface area contributed by atoms with E-state index in [2.05, 4.69) is 6.58 Å². The van der Waals surface area contributed by atoms with Crippen molar-refractivity contribution in [2.24, 2.45) is 0 Å². The van der Waals surface area contributed by atoms with Gasteiger partial charge in [0.15, 0.2) is 0 Å². The van der Waals surface area contributed by atoms with E-state index >= 15 is 0 Å². The highest BCUT2D eigenvalue weighted by Gasteiger charge is 2.35. The van der Waals surface area contributed by atoms with Crippen molar-refractivity contribution in [2.75, 3.05) is 6.54 Å². The van der Waals surface area contributed by atoms with Crippen molar-refractivity contribution in [2.45, 2.75) is 75.6 Å². The van der Waals surface area contributed by atoms with E-state index in [0.717, 1.165) is 37.7 Å². The molecule has 26 heavy (non-hydrogen) atoms. The molecule has 0 aromatic heterocycles. The standard InChI is InChI=1S/C21H31NO3S/c1-3-4-5-6-7-8-9-10-19-17-20(23)15-16-22(19)26(24,25)21-13-11-18(2)12-14-21/h3,11-14,19H,1,4-10,15-17H2,2H3. The fourth-order valence-corrected chi connectivity index (χ4v) is 5.15. The molecule has 1 aromatic rings. The SMILES string of the molecule is C=CCCCCCCCC1CC(=O)CCN1S(=O)(=O)c1ccc(C)cc1. The third-order valence-electron chi connectivity index (χ3n) is 5.05. The second-order valence-corrected chi connectivity index (χ2v) is 9.10. The minimum absolute atomic E-state index is 0.177. The van der Waals surface area contributed by atoms with Gasteiger partial charge in [-0.2, -0.15) is 4.31 Å². The zero-order valence-electron chi connectivity index (χ0n) is 15.8. The molecule has 1 aromatic carbocycles. The van der Waals surface area contributed by atoms with E-state index in [0.29, 0.717) is 24.3 Å². The molecule has 1 fully saturated rings. The summed E-state index contributed by atoms with van der Waals surface area (Å²) in [4.78, 5) is 12.2. The van der Waals surface area contributed by atoms with Gasteiger partial charge in [0.2, 0.25) is 10.0 Å². The van der Waals surface area contributed by atoms with E-state index in [1.165, 1.54) is 12.8 Å². The van der Waals surface area contributed by atoms with E-state index < -0.39 is 10.0 Å². The van der Waals surface area contributed by atoms with Gasteiger partial charge in [-0.05, 0) is 38.3 Å². The Bertz CT molecular complexity index is 694. The summed E-state index contributed by atoms with van der Waals surface area (Å²) in [7, 11) is -3.54. The summed E-state index contributed by atoms with van der Waals surface area (Å²) >= 11 is 0. The average molecular weight is 378 g/mol. The van der Waals surface area contributed by atoms with Crippen LogP contribution < -0.4 is 0 Å². The van der Waals surface area contributed by atoms with Crippen molar-refractivity contribution in [1.29, 1.82) is 0 Å². The molecule has 1 unspecified atom stereocenters. The number of carbonyl (C=O) groups is 1. The molecule has 0 N–H and O–H groups in total. The van der Waals surface area contributed by atoms with Gasteiger partial charge in [-0.15, -0.1) is 6.58 Å². The Hall–Kier alpha value is -1.46. The molecule has 1 heterocycles. The van der Waals surface area contributed by atoms with Gasteiger partial charge in [-0.3, -0.25) is 4.79 Å². The minimum atomic E-state index is -3.54. The number of ketones is 1. The quantitative estimate of drug-likeness (QED) is 0.441. The second-order valence-electron chi connectivity index (χ2n) is 7.21. The van der Waals surface area contributed by atoms with Gasteiger partial charge in [0, 0.05) is 25.4 Å². The highest BCUT2D eigenvalue weighted by atomic mass is 32.2. The number of aryl methyl sites for hydroxylation is 1. The molecule has 0 saturated carbocycles. The summed E-state index contributed by atoms with van der Waals surface area (Å²) in [5, 5.41) is 0. The summed E-state index contributed by atoms with van der Waals surface area (Å²) in [5.74, 6) is 0.177. The molecular weight excluding hydrogens is 346 g/mol. The first-order valence-electron chi connectivity index (χ1n) is 9.66. The summed E-state index contributed by atoms with van der Waals surface area (Å²) in [6.07, 6.45) is 9.98. The maximum atomic E-state index is 13.0. The molecule has 0 radical (unpaired) electrons. The van der Waals surface area contributed by atoms with Crippen LogP contribution in [-0.4, -0.2) is 31.1 Å². The van der Waals surface area contributed by atoms with Crippen molar-refractivity contribution in [3.63, 3.8) is 0 Å². The second kappa shape index (κ2) is 10.0. The van der Waals surface area contributed by atoms with Crippen molar-refractivity contribution >= 4 is 15.8 Å². The van der Waals surface area contributed by atoms with Crippen molar-refractivity contribution in [3.05, 3.63) is 42.5 Å². The molecule has 0 amide bonds. The lowest BCUT2D eigenvalue weighted by molar-refractivity contribution is -0.121. The number of allylic oxidation sites excluding steroid dienone is 1. The Labute approximate surface area is 158 Å². The Balaban J connectivity index is 1.97. The molecule has 1 aliphatic rings. The van der Waals surface area contributed by atoms with Crippen LogP contribution in [0.15, 0.2) is 41.8 Å². The third kappa shape index (κ3) is 5.78. The van der Waals surface area contributed by atoms with Gasteiger partial charge in [-0.1, -0.05) is 49.5 Å². The van der Waals surface area contributed by atoms with Gasteiger partial charge < -0.3 is 0 Å². The lowest BCUT2D eigenvalue weighted by atomic mass is 9.97. The van der Waals surface area contributed by atoms with Gasteiger partial charge in [-0.25, -0.2) is 8.42 Å². The van der Waals surface area contributed by atoms with Gasteiger partial charge in [0.1, 0.15) is 5.78 Å². The largest absolute Gasteiger partial charge is 0.300 e. The molecule has 0 spiro atoms. The maximum absolute atomic E-state index is 13.0. The highest BCUT2D eigenvalue weighted by Crippen LogP contribution is 2.27. The first-order chi connectivity index (χ1) is 12.4. The van der Waals surface area contributed by atoms with Gasteiger partial charge in [0.25, 0.3) is 0 Å². The molecule has 4 nitrogen and oxygen atoms in total. The number of rotatable bonds is 10. The Kier molecular flexibility index (Phi) is 8.04. The van der Waals surface area contributed by atoms with E-state index in [-0.39, 0.29) is 11.8 Å². The highest BCUT2D eigenvalue weighted by molar-refractivity contribution is 7.89. The van der Waals surface area contributed by atoms with Gasteiger partial charge in [0.05, 0.1) is 4.90 Å². The van der Waals surface area contributed by atoms with E-state index in [9.17, 15) is 13.2 Å². The smallest absolute Gasteiger partial charge is 0.243 e. The molecule has 1 aliphatic heterocycles. The van der Waals surface area contributed by atoms with Crippen molar-refractivity contribution in [3.8, 4) is 0 Å². The predicted molar refractivity (Wildman–Crippen MR) is 106 cm³/mol. The minimum Gasteiger partial charge on any atom is -0.300 e. The summed E-state index contributed by atoms with van der Waals surface area (Å²) in [6, 6.07) is 6.77. The lowest BCUT2D eigenvalue weighted by Gasteiger charge is -2.34. The van der Waals surface area contributed by atoms with Crippen LogP contribution in [0.4, 0.5) is 0 Å². The van der Waals surface area contributed by atoms with Crippen LogP contribution in [0.25, 0.3) is 0 Å². The van der Waals surface area contributed by atoms with Crippen LogP contribution in [0, 0.1) is 6.92 Å². The number of piperidine rings is 1. The molecule has 0 bridgehead atoms. The molecule has 0 aliphatic carbocycles. The lowest BCUT2D eigenvalue weighted by Crippen LogP contribution is -2.46. The molecular formula is C21H31NO3S. The Morgan fingerprint density at radius 3 is 2.46 bits per heavy atom.